The SMILES string of the molecule is C#Cc1cc(C(C)C)cc(C(C)C)c1OCCCCCC.CC(C)c1cc(C(=O)O)c(O)c(C(C)C)c1.CCCCCCOc1c(C(=O)O)cc(C(C)C)cc1C(C)C.CCCCCCOc1c(C(=O)OCC)cc(C(C)C)cc1C(C)C.CCCCCCOc1c(C(C)=O)cc(C(C)C)cc1C(C)C.CCOC(=O)c1cc(C(C)C)cc(C(C)C)c1O. The molecule has 0 aliphatic carbocycles. The predicted octanol–water partition coefficient (Wildman–Crippen LogP) is 30.8. The number of carboxylic acids is 2. The van der Waals surface area contributed by atoms with Gasteiger partial charge in [0.1, 0.15) is 56.8 Å². The molecule has 0 amide bonds. The van der Waals surface area contributed by atoms with Gasteiger partial charge >= 0.3 is 23.9 Å². The van der Waals surface area contributed by atoms with Gasteiger partial charge in [0.15, 0.2) is 5.78 Å². The van der Waals surface area contributed by atoms with Gasteiger partial charge in [-0.25, -0.2) is 19.2 Å². The number of carboxylic acid groups (broad SMARTS) is 2. The van der Waals surface area contributed by atoms with Crippen LogP contribution in [0, 0.1) is 12.3 Å². The second-order valence-corrected chi connectivity index (χ2v) is 36.2. The Balaban J connectivity index is 0.000000741. The number of carbonyl (C=O) groups is 5. The summed E-state index contributed by atoms with van der Waals surface area (Å²) in [7, 11) is 0. The average Bonchev–Trinajstić information content (AvgIpc) is 0.779. The molecule has 15 nitrogen and oxygen atoms in total. The van der Waals surface area contributed by atoms with Gasteiger partial charge in [-0.3, -0.25) is 4.79 Å². The summed E-state index contributed by atoms with van der Waals surface area (Å²) in [5.41, 5.74) is 15.5. The lowest BCUT2D eigenvalue weighted by Crippen LogP contribution is -2.12. The summed E-state index contributed by atoms with van der Waals surface area (Å²) in [6.07, 6.45) is 24.3. The molecule has 0 bridgehead atoms. The van der Waals surface area contributed by atoms with Gasteiger partial charge in [0.25, 0.3) is 0 Å². The molecule has 0 radical (unpaired) electrons. The number of phenols is 2. The van der Waals surface area contributed by atoms with E-state index in [1.807, 2.05) is 72.7 Å². The van der Waals surface area contributed by atoms with E-state index in [0.29, 0.717) is 109 Å². The van der Waals surface area contributed by atoms with Crippen molar-refractivity contribution < 1.29 is 72.8 Å². The van der Waals surface area contributed by atoms with Crippen LogP contribution in [0.15, 0.2) is 72.8 Å². The highest BCUT2D eigenvalue weighted by molar-refractivity contribution is 5.98. The highest BCUT2D eigenvalue weighted by Crippen LogP contribution is 2.41. The third-order valence-corrected chi connectivity index (χ3v) is 21.6. The highest BCUT2D eigenvalue weighted by atomic mass is 16.5. The van der Waals surface area contributed by atoms with Crippen molar-refractivity contribution in [1.82, 2.24) is 0 Å². The van der Waals surface area contributed by atoms with Gasteiger partial charge < -0.3 is 48.8 Å². The number of hydrogen-bond donors (Lipinski definition) is 4. The normalized spacial score (nSPS) is 11.1. The first-order chi connectivity index (χ1) is 57.9. The summed E-state index contributed by atoms with van der Waals surface area (Å²) < 4.78 is 34.3. The summed E-state index contributed by atoms with van der Waals surface area (Å²) >= 11 is 0. The predicted molar refractivity (Wildman–Crippen MR) is 513 cm³/mol. The van der Waals surface area contributed by atoms with E-state index in [-0.39, 0.29) is 58.1 Å². The first-order valence-electron chi connectivity index (χ1n) is 46.7. The lowest BCUT2D eigenvalue weighted by atomic mass is 9.91. The fourth-order valence-corrected chi connectivity index (χ4v) is 13.5. The number of ketones is 1. The molecule has 6 aromatic rings. The maximum absolute atomic E-state index is 12.4. The fraction of sp³-hybridized carbons (Fsp3) is 0.602. The van der Waals surface area contributed by atoms with Crippen LogP contribution in [0.3, 0.4) is 0 Å². The Bertz CT molecular complexity index is 4100. The van der Waals surface area contributed by atoms with E-state index in [9.17, 15) is 39.3 Å². The third-order valence-electron chi connectivity index (χ3n) is 21.6. The third kappa shape index (κ3) is 38.3. The van der Waals surface area contributed by atoms with E-state index in [4.69, 9.17) is 40.0 Å². The highest BCUT2D eigenvalue weighted by Gasteiger charge is 2.27. The molecule has 0 unspecified atom stereocenters. The summed E-state index contributed by atoms with van der Waals surface area (Å²) in [5, 5.41) is 38.6. The van der Waals surface area contributed by atoms with Crippen molar-refractivity contribution >= 4 is 29.7 Å². The van der Waals surface area contributed by atoms with Crippen molar-refractivity contribution in [3.8, 4) is 46.8 Å². The molecule has 0 heterocycles. The number of unbranched alkanes of at least 4 members (excludes halogenated alkanes) is 12. The molecule has 15 heteroatoms. The lowest BCUT2D eigenvalue weighted by Gasteiger charge is -2.20. The molecule has 0 aliphatic heterocycles. The maximum Gasteiger partial charge on any atom is 0.341 e. The zero-order valence-electron chi connectivity index (χ0n) is 82.3. The van der Waals surface area contributed by atoms with E-state index in [1.165, 1.54) is 80.9 Å². The van der Waals surface area contributed by atoms with E-state index in [1.54, 1.807) is 32.0 Å². The molecular weight excluding hydrogens is 1540 g/mol. The Hall–Kier alpha value is -8.77. The smallest absolute Gasteiger partial charge is 0.341 e. The molecule has 0 atom stereocenters. The number of Topliss-reactive ketones (excluding diaryl/α,β-unsaturated/α-hetero) is 1. The van der Waals surface area contributed by atoms with E-state index < -0.39 is 17.9 Å². The van der Waals surface area contributed by atoms with E-state index >= 15 is 0 Å². The first-order valence-corrected chi connectivity index (χ1v) is 46.7. The van der Waals surface area contributed by atoms with Gasteiger partial charge in [0.05, 0.1) is 50.8 Å². The molecule has 0 spiro atoms. The van der Waals surface area contributed by atoms with Gasteiger partial charge in [0, 0.05) is 0 Å². The maximum atomic E-state index is 12.4. The Kier molecular flexibility index (Phi) is 54.0. The molecule has 0 aliphatic rings. The Labute approximate surface area is 746 Å². The summed E-state index contributed by atoms with van der Waals surface area (Å²) in [4.78, 5) is 59.0. The molecule has 688 valence electrons. The number of aromatic carboxylic acids is 2. The largest absolute Gasteiger partial charge is 0.507 e. The van der Waals surface area contributed by atoms with E-state index in [0.717, 1.165) is 112 Å². The monoisotopic (exact) mass is 1700 g/mol. The Morgan fingerprint density at radius 3 is 0.805 bits per heavy atom. The summed E-state index contributed by atoms with van der Waals surface area (Å²) in [6.45, 7) is 67.7. The van der Waals surface area contributed by atoms with E-state index in [2.05, 4.69) is 189 Å². The van der Waals surface area contributed by atoms with Crippen LogP contribution in [-0.2, 0) is 9.47 Å². The van der Waals surface area contributed by atoms with Crippen molar-refractivity contribution in [1.29, 1.82) is 0 Å². The van der Waals surface area contributed by atoms with Crippen LogP contribution in [0.5, 0.6) is 34.5 Å². The number of terminal acetylenes is 1. The molecule has 123 heavy (non-hydrogen) atoms. The first kappa shape index (κ1) is 112. The second kappa shape index (κ2) is 59.2. The lowest BCUT2D eigenvalue weighted by molar-refractivity contribution is 0.0512. The van der Waals surface area contributed by atoms with Gasteiger partial charge in [-0.2, -0.15) is 0 Å². The second-order valence-electron chi connectivity index (χ2n) is 36.2. The molecule has 0 aromatic heterocycles. The van der Waals surface area contributed by atoms with Crippen LogP contribution < -0.4 is 18.9 Å². The number of esters is 2. The number of hydrogen-bond acceptors (Lipinski definition) is 13. The van der Waals surface area contributed by atoms with Gasteiger partial charge in [-0.1, -0.05) is 313 Å². The zero-order chi connectivity index (χ0) is 93.7. The molecule has 0 saturated heterocycles. The molecule has 0 fully saturated rings. The number of rotatable bonds is 43. The summed E-state index contributed by atoms with van der Waals surface area (Å²) in [5.74, 6) is 6.78. The van der Waals surface area contributed by atoms with Crippen molar-refractivity contribution in [3.05, 3.63) is 173 Å². The number of ether oxygens (including phenoxy) is 6. The number of aromatic hydroxyl groups is 2. The van der Waals surface area contributed by atoms with Crippen LogP contribution in [0.1, 0.15) is 512 Å². The van der Waals surface area contributed by atoms with Crippen LogP contribution in [-0.4, -0.2) is 89.7 Å². The van der Waals surface area contributed by atoms with Crippen LogP contribution >= 0.6 is 0 Å². The minimum Gasteiger partial charge on any atom is -0.507 e. The quantitative estimate of drug-likeness (QED) is 0.0121. The average molecular weight is 1700 g/mol. The van der Waals surface area contributed by atoms with Crippen molar-refractivity contribution in [2.45, 2.75) is 388 Å². The van der Waals surface area contributed by atoms with Crippen LogP contribution in [0.4, 0.5) is 0 Å². The summed E-state index contributed by atoms with van der Waals surface area (Å²) in [6, 6.07) is 23.7. The van der Waals surface area contributed by atoms with Gasteiger partial charge in [-0.05, 0) is 221 Å². The minimum absolute atomic E-state index is 0.00472. The molecule has 6 rings (SSSR count). The molecule has 4 N–H and O–H groups in total. The van der Waals surface area contributed by atoms with Gasteiger partial charge in [-0.15, -0.1) is 6.42 Å². The number of benzene rings is 6. The topological polar surface area (TPSA) is 222 Å². The Morgan fingerprint density at radius 1 is 0.293 bits per heavy atom. The standard InChI is InChI=1S/C21H34O3.C20H32O2.C20H30O.C19H30O3.C15H22O3.C13H18O3/c1-7-9-10-11-12-24-20-18(16(5)6)13-17(15(3)4)14-19(20)21(22)23-8-2;1-7-8-9-10-11-22-20-18(15(4)5)12-17(14(2)3)13-19(20)16(6)21;1-7-9-10-11-12-21-20-17(8-2)13-18(15(3)4)14-19(20)16(5)6;1-6-7-8-9-10-22-18-16(14(4)5)11-15(13(2)3)12-17(18)19(20)21;1-6-18-15(17)13-8-11(9(2)3)7-12(10(4)5)14(13)16;1-7(2)9-5-10(8(3)4)12(14)11(6-9)13(15)16/h13-16H,7-12H2,1-6H3;12-15H,7-11H2,1-6H3;2,13-16H,7,9-12H2,1,3-6H3;11-14H,6-10H2,1-5H3,(H,20,21);7-10,16H,6H2,1-5H3;5-8,14H,1-4H3,(H,15,16). The minimum atomic E-state index is -1.08. The molecule has 6 aromatic carbocycles. The van der Waals surface area contributed by atoms with Crippen molar-refractivity contribution in [3.63, 3.8) is 0 Å². The van der Waals surface area contributed by atoms with Crippen molar-refractivity contribution in [2.24, 2.45) is 0 Å². The van der Waals surface area contributed by atoms with Gasteiger partial charge in [0.2, 0.25) is 0 Å². The number of carbonyl (C=O) groups excluding carboxylic acids is 3. The van der Waals surface area contributed by atoms with Crippen LogP contribution in [0.2, 0.25) is 0 Å². The van der Waals surface area contributed by atoms with Crippen LogP contribution in [0.25, 0.3) is 0 Å². The molecular formula is C108H166O15. The number of phenolic OH excluding ortho intramolecular Hbond substituents is 1. The zero-order valence-corrected chi connectivity index (χ0v) is 82.3. The fourth-order valence-electron chi connectivity index (χ4n) is 13.5. The Morgan fingerprint density at radius 2 is 0.528 bits per heavy atom. The van der Waals surface area contributed by atoms with Crippen molar-refractivity contribution in [2.75, 3.05) is 39.6 Å². The molecule has 0 saturated carbocycles.